The van der Waals surface area contributed by atoms with Crippen molar-refractivity contribution in [3.8, 4) is 0 Å². The van der Waals surface area contributed by atoms with Crippen molar-refractivity contribution < 1.29 is 14.7 Å². The minimum absolute atomic E-state index is 0.0821. The van der Waals surface area contributed by atoms with Gasteiger partial charge in [0.05, 0.1) is 11.3 Å². The van der Waals surface area contributed by atoms with E-state index in [2.05, 4.69) is 5.32 Å². The Bertz CT molecular complexity index is 551. The van der Waals surface area contributed by atoms with E-state index in [9.17, 15) is 14.7 Å². The van der Waals surface area contributed by atoms with Gasteiger partial charge in [-0.25, -0.2) is 4.79 Å². The Morgan fingerprint density at radius 1 is 1.29 bits per heavy atom. The van der Waals surface area contributed by atoms with Gasteiger partial charge in [0.25, 0.3) is 0 Å². The molecule has 1 aliphatic heterocycles. The summed E-state index contributed by atoms with van der Waals surface area (Å²) in [6.45, 7) is 3.68. The van der Waals surface area contributed by atoms with E-state index in [1.165, 1.54) is 0 Å². The molecule has 1 aromatic rings. The largest absolute Gasteiger partial charge is 0.478 e. The quantitative estimate of drug-likeness (QED) is 0.894. The molecule has 0 aliphatic carbocycles. The van der Waals surface area contributed by atoms with E-state index in [4.69, 9.17) is 0 Å². The predicted octanol–water partition coefficient (Wildman–Crippen LogP) is 3.47. The standard InChI is InChI=1S/C16H21NO3S/c1-10-7-11(2)15(13(8-10)16(19)20)17-14(18)9-12-3-5-21-6-4-12/h7-8,12H,3-6,9H2,1-2H3,(H,17,18)(H,19,20). The maximum absolute atomic E-state index is 12.2. The molecule has 0 saturated carbocycles. The van der Waals surface area contributed by atoms with Gasteiger partial charge in [-0.05, 0) is 61.3 Å². The fraction of sp³-hybridized carbons (Fsp3) is 0.500. The number of hydrogen-bond donors (Lipinski definition) is 2. The lowest BCUT2D eigenvalue weighted by Crippen LogP contribution is -2.21. The molecule has 5 heteroatoms. The second-order valence-corrected chi connectivity index (χ2v) is 6.84. The van der Waals surface area contributed by atoms with Crippen molar-refractivity contribution in [2.24, 2.45) is 5.92 Å². The number of carboxylic acid groups (broad SMARTS) is 1. The number of benzene rings is 1. The number of nitrogens with one attached hydrogen (secondary N) is 1. The highest BCUT2D eigenvalue weighted by Gasteiger charge is 2.20. The van der Waals surface area contributed by atoms with Gasteiger partial charge in [-0.3, -0.25) is 4.79 Å². The van der Waals surface area contributed by atoms with Gasteiger partial charge in [-0.1, -0.05) is 6.07 Å². The van der Waals surface area contributed by atoms with Crippen molar-refractivity contribution in [2.45, 2.75) is 33.1 Å². The van der Waals surface area contributed by atoms with Gasteiger partial charge in [0.2, 0.25) is 5.91 Å². The van der Waals surface area contributed by atoms with Crippen LogP contribution < -0.4 is 5.32 Å². The van der Waals surface area contributed by atoms with E-state index in [1.54, 1.807) is 6.07 Å². The van der Waals surface area contributed by atoms with Crippen LogP contribution in [0.1, 0.15) is 40.7 Å². The van der Waals surface area contributed by atoms with E-state index in [0.29, 0.717) is 18.0 Å². The third kappa shape index (κ3) is 4.24. The van der Waals surface area contributed by atoms with Crippen LogP contribution >= 0.6 is 11.8 Å². The molecule has 114 valence electrons. The van der Waals surface area contributed by atoms with Crippen LogP contribution in [-0.4, -0.2) is 28.5 Å². The lowest BCUT2D eigenvalue weighted by atomic mass is 9.98. The fourth-order valence-electron chi connectivity index (χ4n) is 2.71. The summed E-state index contributed by atoms with van der Waals surface area (Å²) in [5, 5.41) is 12.1. The molecule has 1 aromatic carbocycles. The molecule has 1 aliphatic rings. The first-order valence-electron chi connectivity index (χ1n) is 7.19. The number of carboxylic acids is 1. The predicted molar refractivity (Wildman–Crippen MR) is 86.2 cm³/mol. The van der Waals surface area contributed by atoms with Gasteiger partial charge < -0.3 is 10.4 Å². The molecule has 0 atom stereocenters. The highest BCUT2D eigenvalue weighted by molar-refractivity contribution is 7.99. The molecule has 1 saturated heterocycles. The molecule has 2 N–H and O–H groups in total. The molecule has 1 fully saturated rings. The molecule has 0 bridgehead atoms. The number of hydrogen-bond acceptors (Lipinski definition) is 3. The summed E-state index contributed by atoms with van der Waals surface area (Å²) in [5.74, 6) is 1.56. The molecule has 0 spiro atoms. The lowest BCUT2D eigenvalue weighted by molar-refractivity contribution is -0.117. The first kappa shape index (κ1) is 15.9. The van der Waals surface area contributed by atoms with Crippen molar-refractivity contribution in [3.05, 3.63) is 28.8 Å². The molecule has 2 rings (SSSR count). The average Bonchev–Trinajstić information content (AvgIpc) is 2.42. The van der Waals surface area contributed by atoms with Crippen LogP contribution in [0.15, 0.2) is 12.1 Å². The Morgan fingerprint density at radius 2 is 1.95 bits per heavy atom. The Morgan fingerprint density at radius 3 is 2.57 bits per heavy atom. The Kier molecular flexibility index (Phi) is 5.28. The molecule has 1 heterocycles. The van der Waals surface area contributed by atoms with Gasteiger partial charge in [-0.15, -0.1) is 0 Å². The van der Waals surface area contributed by atoms with Crippen LogP contribution in [0.5, 0.6) is 0 Å². The highest BCUT2D eigenvalue weighted by Crippen LogP contribution is 2.27. The Hall–Kier alpha value is -1.49. The minimum Gasteiger partial charge on any atom is -0.478 e. The molecule has 0 unspecified atom stereocenters. The van der Waals surface area contributed by atoms with Crippen LogP contribution in [0.2, 0.25) is 0 Å². The summed E-state index contributed by atoms with van der Waals surface area (Å²) in [7, 11) is 0. The zero-order valence-electron chi connectivity index (χ0n) is 12.4. The number of aryl methyl sites for hydroxylation is 2. The van der Waals surface area contributed by atoms with Gasteiger partial charge in [0.15, 0.2) is 0 Å². The van der Waals surface area contributed by atoms with E-state index in [-0.39, 0.29) is 11.5 Å². The molecule has 21 heavy (non-hydrogen) atoms. The average molecular weight is 307 g/mol. The van der Waals surface area contributed by atoms with E-state index in [1.807, 2.05) is 31.7 Å². The number of anilines is 1. The zero-order chi connectivity index (χ0) is 15.4. The number of thioether (sulfide) groups is 1. The van der Waals surface area contributed by atoms with Crippen molar-refractivity contribution >= 4 is 29.3 Å². The van der Waals surface area contributed by atoms with Gasteiger partial charge >= 0.3 is 5.97 Å². The monoisotopic (exact) mass is 307 g/mol. The third-order valence-corrected chi connectivity index (χ3v) is 4.84. The smallest absolute Gasteiger partial charge is 0.337 e. The SMILES string of the molecule is Cc1cc(C)c(NC(=O)CC2CCSCC2)c(C(=O)O)c1. The summed E-state index contributed by atoms with van der Waals surface area (Å²) in [5.41, 5.74) is 2.27. The molecular formula is C16H21NO3S. The summed E-state index contributed by atoms with van der Waals surface area (Å²) in [4.78, 5) is 23.5. The fourth-order valence-corrected chi connectivity index (χ4v) is 3.91. The summed E-state index contributed by atoms with van der Waals surface area (Å²) in [6.07, 6.45) is 2.61. The first-order valence-corrected chi connectivity index (χ1v) is 8.35. The second-order valence-electron chi connectivity index (χ2n) is 5.62. The number of aromatic carboxylic acids is 1. The van der Waals surface area contributed by atoms with Crippen LogP contribution in [0.4, 0.5) is 5.69 Å². The second kappa shape index (κ2) is 6.98. The summed E-state index contributed by atoms with van der Waals surface area (Å²) >= 11 is 1.93. The Labute approximate surface area is 129 Å². The van der Waals surface area contributed by atoms with Crippen molar-refractivity contribution in [3.63, 3.8) is 0 Å². The molecular weight excluding hydrogens is 286 g/mol. The highest BCUT2D eigenvalue weighted by atomic mass is 32.2. The van der Waals surface area contributed by atoms with Crippen LogP contribution in [-0.2, 0) is 4.79 Å². The number of rotatable bonds is 4. The first-order chi connectivity index (χ1) is 9.97. The van der Waals surface area contributed by atoms with Gasteiger partial charge in [0.1, 0.15) is 0 Å². The van der Waals surface area contributed by atoms with Crippen molar-refractivity contribution in [1.29, 1.82) is 0 Å². The number of carbonyl (C=O) groups is 2. The van der Waals surface area contributed by atoms with Crippen LogP contribution in [0, 0.1) is 19.8 Å². The molecule has 1 amide bonds. The van der Waals surface area contributed by atoms with Crippen molar-refractivity contribution in [1.82, 2.24) is 0 Å². The number of amides is 1. The van der Waals surface area contributed by atoms with E-state index in [0.717, 1.165) is 35.5 Å². The van der Waals surface area contributed by atoms with Gasteiger partial charge in [-0.2, -0.15) is 11.8 Å². The minimum atomic E-state index is -1.01. The molecule has 4 nitrogen and oxygen atoms in total. The maximum Gasteiger partial charge on any atom is 0.337 e. The molecule has 0 radical (unpaired) electrons. The third-order valence-electron chi connectivity index (χ3n) is 3.79. The lowest BCUT2D eigenvalue weighted by Gasteiger charge is -2.21. The summed E-state index contributed by atoms with van der Waals surface area (Å²) < 4.78 is 0. The maximum atomic E-state index is 12.2. The van der Waals surface area contributed by atoms with E-state index < -0.39 is 5.97 Å². The van der Waals surface area contributed by atoms with Crippen molar-refractivity contribution in [2.75, 3.05) is 16.8 Å². The molecule has 0 aromatic heterocycles. The van der Waals surface area contributed by atoms with Crippen LogP contribution in [0.25, 0.3) is 0 Å². The van der Waals surface area contributed by atoms with Crippen LogP contribution in [0.3, 0.4) is 0 Å². The summed E-state index contributed by atoms with van der Waals surface area (Å²) in [6, 6.07) is 3.49. The zero-order valence-corrected chi connectivity index (χ0v) is 13.3. The Balaban J connectivity index is 2.11. The topological polar surface area (TPSA) is 66.4 Å². The number of carbonyl (C=O) groups excluding carboxylic acids is 1. The van der Waals surface area contributed by atoms with Gasteiger partial charge in [0, 0.05) is 6.42 Å². The normalized spacial score (nSPS) is 15.7. The van der Waals surface area contributed by atoms with E-state index >= 15 is 0 Å².